The summed E-state index contributed by atoms with van der Waals surface area (Å²) < 4.78 is 0. The van der Waals surface area contributed by atoms with Crippen LogP contribution in [0.15, 0.2) is 4.99 Å². The Morgan fingerprint density at radius 1 is 1.16 bits per heavy atom. The molecule has 2 amide bonds. The summed E-state index contributed by atoms with van der Waals surface area (Å²) in [5.41, 5.74) is 5.33. The minimum Gasteiger partial charge on any atom is -0.370 e. The maximum absolute atomic E-state index is 12.2. The van der Waals surface area contributed by atoms with Crippen LogP contribution in [0.1, 0.15) is 58.3 Å². The van der Waals surface area contributed by atoms with E-state index in [4.69, 9.17) is 5.73 Å². The first-order chi connectivity index (χ1) is 12.1. The predicted molar refractivity (Wildman–Crippen MR) is 99.1 cm³/mol. The van der Waals surface area contributed by atoms with E-state index in [1.807, 2.05) is 6.92 Å². The molecule has 1 heterocycles. The summed E-state index contributed by atoms with van der Waals surface area (Å²) in [7, 11) is 0. The quantitative estimate of drug-likeness (QED) is 0.491. The number of amides is 2. The summed E-state index contributed by atoms with van der Waals surface area (Å²) in [5, 5.41) is 6.37. The van der Waals surface area contributed by atoms with E-state index in [0.29, 0.717) is 12.5 Å². The number of nitrogens with zero attached hydrogens (tertiary/aromatic N) is 2. The second kappa shape index (κ2) is 10.3. The molecule has 0 bridgehead atoms. The fourth-order valence-electron chi connectivity index (χ4n) is 3.80. The van der Waals surface area contributed by atoms with Crippen LogP contribution in [0.2, 0.25) is 0 Å². The minimum absolute atomic E-state index is 0.00648. The van der Waals surface area contributed by atoms with E-state index in [1.165, 1.54) is 19.3 Å². The summed E-state index contributed by atoms with van der Waals surface area (Å²) in [5.74, 6) is 0.773. The second-order valence-corrected chi connectivity index (χ2v) is 7.20. The van der Waals surface area contributed by atoms with Crippen LogP contribution >= 0.6 is 0 Å². The zero-order valence-electron chi connectivity index (χ0n) is 15.4. The molecule has 0 aromatic rings. The van der Waals surface area contributed by atoms with E-state index in [-0.39, 0.29) is 24.3 Å². The van der Waals surface area contributed by atoms with Crippen LogP contribution in [0.4, 0.5) is 0 Å². The first kappa shape index (κ1) is 19.5. The highest BCUT2D eigenvalue weighted by Crippen LogP contribution is 2.19. The fraction of sp³-hybridized carbons (Fsp3) is 0.833. The number of rotatable bonds is 6. The van der Waals surface area contributed by atoms with E-state index in [2.05, 4.69) is 20.5 Å². The van der Waals surface area contributed by atoms with Crippen molar-refractivity contribution in [2.45, 2.75) is 64.3 Å². The van der Waals surface area contributed by atoms with E-state index < -0.39 is 0 Å². The molecule has 1 saturated heterocycles. The number of hydrogen-bond acceptors (Lipinski definition) is 3. The van der Waals surface area contributed by atoms with Crippen molar-refractivity contribution in [3.8, 4) is 0 Å². The van der Waals surface area contributed by atoms with Gasteiger partial charge in [0.15, 0.2) is 5.96 Å². The Kier molecular flexibility index (Phi) is 8.01. The number of piperidine rings is 1. The molecule has 1 aliphatic carbocycles. The fourth-order valence-corrected chi connectivity index (χ4v) is 3.80. The Labute approximate surface area is 150 Å². The van der Waals surface area contributed by atoms with Crippen LogP contribution in [0.5, 0.6) is 0 Å². The SMILES string of the molecule is CCNC(=NCC(=O)NC1CCCCC1)N1CCCC(CC(N)=O)C1. The Morgan fingerprint density at radius 3 is 2.60 bits per heavy atom. The van der Waals surface area contributed by atoms with Crippen molar-refractivity contribution in [1.82, 2.24) is 15.5 Å². The maximum atomic E-state index is 12.2. The van der Waals surface area contributed by atoms with E-state index in [1.54, 1.807) is 0 Å². The molecule has 0 aromatic heterocycles. The van der Waals surface area contributed by atoms with Gasteiger partial charge in [-0.25, -0.2) is 4.99 Å². The molecule has 0 spiro atoms. The smallest absolute Gasteiger partial charge is 0.242 e. The molecular formula is C18H33N5O2. The molecule has 1 saturated carbocycles. The molecule has 1 atom stereocenters. The van der Waals surface area contributed by atoms with Crippen LogP contribution in [-0.4, -0.2) is 54.9 Å². The third-order valence-corrected chi connectivity index (χ3v) is 4.99. The first-order valence-corrected chi connectivity index (χ1v) is 9.69. The van der Waals surface area contributed by atoms with E-state index >= 15 is 0 Å². The number of primary amides is 1. The van der Waals surface area contributed by atoms with Gasteiger partial charge in [0.2, 0.25) is 11.8 Å². The molecule has 1 aliphatic heterocycles. The number of nitrogens with one attached hydrogen (secondary N) is 2. The molecule has 2 aliphatic rings. The van der Waals surface area contributed by atoms with Gasteiger partial charge in [0.25, 0.3) is 0 Å². The lowest BCUT2D eigenvalue weighted by Gasteiger charge is -2.34. The van der Waals surface area contributed by atoms with Gasteiger partial charge in [-0.2, -0.15) is 0 Å². The molecule has 1 unspecified atom stereocenters. The molecule has 4 N–H and O–H groups in total. The average Bonchev–Trinajstić information content (AvgIpc) is 2.59. The second-order valence-electron chi connectivity index (χ2n) is 7.20. The first-order valence-electron chi connectivity index (χ1n) is 9.69. The lowest BCUT2D eigenvalue weighted by Crippen LogP contribution is -2.47. The lowest BCUT2D eigenvalue weighted by molar-refractivity contribution is -0.120. The number of aliphatic imine (C=N–C) groups is 1. The predicted octanol–water partition coefficient (Wildman–Crippen LogP) is 0.988. The van der Waals surface area contributed by atoms with Crippen LogP contribution in [0, 0.1) is 5.92 Å². The van der Waals surface area contributed by atoms with Gasteiger partial charge < -0.3 is 21.3 Å². The largest absolute Gasteiger partial charge is 0.370 e. The van der Waals surface area contributed by atoms with Crippen LogP contribution in [-0.2, 0) is 9.59 Å². The average molecular weight is 351 g/mol. The Hall–Kier alpha value is -1.79. The normalized spacial score (nSPS) is 22.5. The molecule has 7 heteroatoms. The molecule has 0 aromatic carbocycles. The molecule has 142 valence electrons. The van der Waals surface area contributed by atoms with E-state index in [0.717, 1.165) is 51.3 Å². The number of hydrogen-bond donors (Lipinski definition) is 3. The van der Waals surface area contributed by atoms with Crippen molar-refractivity contribution in [3.63, 3.8) is 0 Å². The number of carbonyl (C=O) groups excluding carboxylic acids is 2. The van der Waals surface area contributed by atoms with Gasteiger partial charge in [0.1, 0.15) is 6.54 Å². The highest BCUT2D eigenvalue weighted by molar-refractivity contribution is 5.85. The highest BCUT2D eigenvalue weighted by Gasteiger charge is 2.24. The standard InChI is InChI=1S/C18H33N5O2/c1-2-20-18(23-10-6-7-14(13-23)11-16(19)24)21-12-17(25)22-15-8-4-3-5-9-15/h14-15H,2-13H2,1H3,(H2,19,24)(H,20,21)(H,22,25). The molecule has 2 fully saturated rings. The molecule has 0 radical (unpaired) electrons. The van der Waals surface area contributed by atoms with Gasteiger partial charge in [0.05, 0.1) is 0 Å². The van der Waals surface area contributed by atoms with Crippen molar-refractivity contribution < 1.29 is 9.59 Å². The van der Waals surface area contributed by atoms with Crippen LogP contribution in [0.25, 0.3) is 0 Å². The van der Waals surface area contributed by atoms with Gasteiger partial charge in [0, 0.05) is 32.1 Å². The van der Waals surface area contributed by atoms with Gasteiger partial charge in [-0.3, -0.25) is 9.59 Å². The summed E-state index contributed by atoms with van der Waals surface area (Å²) in [6.07, 6.45) is 8.27. The maximum Gasteiger partial charge on any atom is 0.242 e. The molecule has 2 rings (SSSR count). The third-order valence-electron chi connectivity index (χ3n) is 4.99. The summed E-state index contributed by atoms with van der Waals surface area (Å²) in [6.45, 7) is 4.57. The number of carbonyl (C=O) groups is 2. The van der Waals surface area contributed by atoms with E-state index in [9.17, 15) is 9.59 Å². The van der Waals surface area contributed by atoms with Crippen LogP contribution in [0.3, 0.4) is 0 Å². The van der Waals surface area contributed by atoms with Crippen LogP contribution < -0.4 is 16.4 Å². The van der Waals surface area contributed by atoms with Gasteiger partial charge in [-0.1, -0.05) is 19.3 Å². The molecular weight excluding hydrogens is 318 g/mol. The summed E-state index contributed by atoms with van der Waals surface area (Å²) >= 11 is 0. The van der Waals surface area contributed by atoms with Crippen molar-refractivity contribution in [3.05, 3.63) is 0 Å². The topological polar surface area (TPSA) is 99.8 Å². The van der Waals surface area contributed by atoms with Crippen molar-refractivity contribution in [2.24, 2.45) is 16.6 Å². The highest BCUT2D eigenvalue weighted by atomic mass is 16.2. The molecule has 7 nitrogen and oxygen atoms in total. The zero-order valence-corrected chi connectivity index (χ0v) is 15.4. The lowest BCUT2D eigenvalue weighted by atomic mass is 9.95. The number of likely N-dealkylation sites (tertiary alicyclic amines) is 1. The van der Waals surface area contributed by atoms with Crippen molar-refractivity contribution in [1.29, 1.82) is 0 Å². The third kappa shape index (κ3) is 6.92. The summed E-state index contributed by atoms with van der Waals surface area (Å²) in [6, 6.07) is 0.314. The van der Waals surface area contributed by atoms with Gasteiger partial charge in [-0.15, -0.1) is 0 Å². The minimum atomic E-state index is -0.249. The Bertz CT molecular complexity index is 474. The molecule has 25 heavy (non-hydrogen) atoms. The Morgan fingerprint density at radius 2 is 1.92 bits per heavy atom. The van der Waals surface area contributed by atoms with Crippen molar-refractivity contribution in [2.75, 3.05) is 26.2 Å². The number of guanidine groups is 1. The van der Waals surface area contributed by atoms with Gasteiger partial charge >= 0.3 is 0 Å². The Balaban J connectivity index is 1.87. The number of nitrogens with two attached hydrogens (primary N) is 1. The summed E-state index contributed by atoms with van der Waals surface area (Å²) in [4.78, 5) is 30.0. The van der Waals surface area contributed by atoms with Crippen molar-refractivity contribution >= 4 is 17.8 Å². The van der Waals surface area contributed by atoms with Gasteiger partial charge in [-0.05, 0) is 38.5 Å². The zero-order chi connectivity index (χ0) is 18.1. The monoisotopic (exact) mass is 351 g/mol.